The van der Waals surface area contributed by atoms with Gasteiger partial charge in [0, 0.05) is 41.1 Å². The molecule has 0 amide bonds. The molecule has 0 saturated heterocycles. The van der Waals surface area contributed by atoms with Crippen LogP contribution in [-0.2, 0) is 13.0 Å². The second-order valence-electron chi connectivity index (χ2n) is 8.86. The summed E-state index contributed by atoms with van der Waals surface area (Å²) >= 11 is 6.25. The first kappa shape index (κ1) is 26.0. The van der Waals surface area contributed by atoms with E-state index in [9.17, 15) is 0 Å². The quantitative estimate of drug-likeness (QED) is 0.274. The largest absolute Gasteiger partial charge is 0.389 e. The molecule has 4 aromatic rings. The summed E-state index contributed by atoms with van der Waals surface area (Å²) in [5.74, 6) is 0. The van der Waals surface area contributed by atoms with Gasteiger partial charge in [0.2, 0.25) is 0 Å². The van der Waals surface area contributed by atoms with E-state index in [0.717, 1.165) is 59.2 Å². The van der Waals surface area contributed by atoms with Crippen molar-refractivity contribution in [3.63, 3.8) is 0 Å². The Morgan fingerprint density at radius 2 is 2.00 bits per heavy atom. The fraction of sp³-hybridized carbons (Fsp3) is 0.385. The van der Waals surface area contributed by atoms with Gasteiger partial charge in [0.05, 0.1) is 35.3 Å². The van der Waals surface area contributed by atoms with E-state index >= 15 is 0 Å². The third kappa shape index (κ3) is 5.65. The predicted molar refractivity (Wildman–Crippen MR) is 145 cm³/mol. The van der Waals surface area contributed by atoms with E-state index in [1.54, 1.807) is 6.20 Å². The van der Waals surface area contributed by atoms with Crippen molar-refractivity contribution < 1.29 is 5.11 Å². The van der Waals surface area contributed by atoms with E-state index in [0.29, 0.717) is 18.1 Å². The Labute approximate surface area is 216 Å². The summed E-state index contributed by atoms with van der Waals surface area (Å²) in [4.78, 5) is 4.69. The first-order valence-corrected chi connectivity index (χ1v) is 12.9. The highest BCUT2D eigenvalue weighted by molar-refractivity contribution is 6.31. The molecule has 1 aromatic carbocycles. The summed E-state index contributed by atoms with van der Waals surface area (Å²) in [5, 5.41) is 19.8. The second kappa shape index (κ2) is 11.3. The molecule has 2 aliphatic rings. The van der Waals surface area contributed by atoms with E-state index < -0.39 is 5.60 Å². The Bertz CT molecular complexity index is 1330. The Balaban J connectivity index is 0.000000290. The summed E-state index contributed by atoms with van der Waals surface area (Å²) in [6.45, 7) is 7.22. The normalized spacial score (nSPS) is 15.9. The number of pyridine rings is 1. The van der Waals surface area contributed by atoms with Crippen molar-refractivity contribution in [3.05, 3.63) is 70.9 Å². The number of nitrogens with zero attached hydrogens (tertiary/aromatic N) is 4. The third-order valence-electron chi connectivity index (χ3n) is 6.40. The maximum atomic E-state index is 9.09. The molecule has 0 spiro atoms. The number of H-pyrrole nitrogens is 1. The van der Waals surface area contributed by atoms with Gasteiger partial charge in [-0.25, -0.2) is 4.98 Å². The highest BCUT2D eigenvalue weighted by atomic mass is 35.5. The van der Waals surface area contributed by atoms with E-state index in [2.05, 4.69) is 57.0 Å². The third-order valence-corrected chi connectivity index (χ3v) is 6.62. The fourth-order valence-electron chi connectivity index (χ4n) is 4.15. The highest BCUT2D eigenvalue weighted by Crippen LogP contribution is 2.30. The summed E-state index contributed by atoms with van der Waals surface area (Å²) in [5.41, 5.74) is 17.2. The number of nitrogens with two attached hydrogens (primary N) is 1. The molecule has 1 saturated carbocycles. The molecule has 6 rings (SSSR count). The van der Waals surface area contributed by atoms with E-state index in [4.69, 9.17) is 27.4 Å². The molecule has 6 N–H and O–H groups in total. The van der Waals surface area contributed by atoms with Gasteiger partial charge in [-0.05, 0) is 49.4 Å². The van der Waals surface area contributed by atoms with Crippen LogP contribution in [0.3, 0.4) is 0 Å². The summed E-state index contributed by atoms with van der Waals surface area (Å²) in [7, 11) is 0. The first-order chi connectivity index (χ1) is 17.5. The molecular weight excluding hydrogens is 476 g/mol. The molecule has 0 bridgehead atoms. The molecular formula is C26H35ClN8O. The van der Waals surface area contributed by atoms with Gasteiger partial charge in [0.25, 0.3) is 0 Å². The number of aromatic amines is 1. The lowest BCUT2D eigenvalue weighted by molar-refractivity contribution is -0.0240. The van der Waals surface area contributed by atoms with Crippen molar-refractivity contribution in [3.8, 4) is 0 Å². The molecule has 192 valence electrons. The van der Waals surface area contributed by atoms with Crippen LogP contribution >= 0.6 is 11.6 Å². The molecule has 10 heteroatoms. The average Bonchev–Trinajstić information content (AvgIpc) is 3.62. The van der Waals surface area contributed by atoms with Crippen LogP contribution < -0.4 is 16.7 Å². The van der Waals surface area contributed by atoms with Crippen LogP contribution in [0, 0.1) is 0 Å². The number of fused-ring (bicyclic) bond motifs is 2. The minimum Gasteiger partial charge on any atom is -0.389 e. The predicted octanol–water partition coefficient (Wildman–Crippen LogP) is 4.14. The molecule has 0 unspecified atom stereocenters. The number of hydrogen-bond acceptors (Lipinski definition) is 7. The number of aryl methyl sites for hydroxylation is 1. The number of hydrogen-bond donors (Lipinski definition) is 5. The van der Waals surface area contributed by atoms with Crippen molar-refractivity contribution in [1.82, 2.24) is 35.6 Å². The van der Waals surface area contributed by atoms with Gasteiger partial charge in [0.1, 0.15) is 5.65 Å². The smallest absolute Gasteiger partial charge is 0.137 e. The second-order valence-corrected chi connectivity index (χ2v) is 9.30. The monoisotopic (exact) mass is 510 g/mol. The SMILES string of the molecule is CC.CCc1ccc2nc(CN3C=C(c4cc(Cl)cc5[nH]ncc45)NN3)cn2c1.NCC1(O)CCC1. The molecule has 1 aliphatic heterocycles. The number of imidazole rings is 1. The number of benzene rings is 1. The first-order valence-electron chi connectivity index (χ1n) is 12.5. The lowest BCUT2D eigenvalue weighted by atomic mass is 9.81. The van der Waals surface area contributed by atoms with Gasteiger partial charge in [-0.2, -0.15) is 5.10 Å². The van der Waals surface area contributed by atoms with Crippen LogP contribution in [0.25, 0.3) is 22.2 Å². The molecule has 1 aliphatic carbocycles. The Morgan fingerprint density at radius 1 is 1.19 bits per heavy atom. The zero-order chi connectivity index (χ0) is 25.7. The van der Waals surface area contributed by atoms with Gasteiger partial charge >= 0.3 is 0 Å². The van der Waals surface area contributed by atoms with Gasteiger partial charge in [-0.3, -0.25) is 10.1 Å². The van der Waals surface area contributed by atoms with Crippen LogP contribution in [0.2, 0.25) is 5.02 Å². The highest BCUT2D eigenvalue weighted by Gasteiger charge is 2.32. The number of hydrazine groups is 2. The number of nitrogens with one attached hydrogen (secondary N) is 3. The van der Waals surface area contributed by atoms with Gasteiger partial charge in [-0.1, -0.05) is 38.4 Å². The van der Waals surface area contributed by atoms with E-state index in [1.165, 1.54) is 5.56 Å². The molecule has 1 fully saturated rings. The summed E-state index contributed by atoms with van der Waals surface area (Å²) in [6, 6.07) is 7.98. The van der Waals surface area contributed by atoms with Crippen LogP contribution in [0.1, 0.15) is 56.9 Å². The minimum absolute atomic E-state index is 0.438. The lowest BCUT2D eigenvalue weighted by Crippen LogP contribution is -2.43. The zero-order valence-electron chi connectivity index (χ0n) is 21.1. The molecule has 0 atom stereocenters. The molecule has 36 heavy (non-hydrogen) atoms. The van der Waals surface area contributed by atoms with Crippen molar-refractivity contribution >= 4 is 33.8 Å². The standard InChI is InChI=1S/C19H18ClN7.C5H11NO.C2H6/c1-2-12-3-4-19-22-14(9-26(19)8-12)10-27-11-18(24-25-27)15-5-13(20)6-17-16(15)7-21-23-17;6-4-5(7)2-1-3-5;1-2/h3-9,11,24-25H,2,10H2,1H3,(H,21,23);7H,1-4,6H2;1-2H3. The number of aliphatic hydroxyl groups is 1. The zero-order valence-corrected chi connectivity index (χ0v) is 21.8. The number of aromatic nitrogens is 4. The van der Waals surface area contributed by atoms with Crippen molar-refractivity contribution in [1.29, 1.82) is 0 Å². The number of halogens is 1. The van der Waals surface area contributed by atoms with E-state index in [1.807, 2.05) is 37.2 Å². The van der Waals surface area contributed by atoms with Gasteiger partial charge in [-0.15, -0.1) is 5.53 Å². The number of rotatable bonds is 5. The van der Waals surface area contributed by atoms with Crippen molar-refractivity contribution in [2.24, 2.45) is 5.73 Å². The summed E-state index contributed by atoms with van der Waals surface area (Å²) in [6.07, 6.45) is 12.0. The maximum Gasteiger partial charge on any atom is 0.137 e. The average molecular weight is 511 g/mol. The van der Waals surface area contributed by atoms with E-state index in [-0.39, 0.29) is 0 Å². The lowest BCUT2D eigenvalue weighted by Gasteiger charge is -2.34. The van der Waals surface area contributed by atoms with Crippen LogP contribution in [-0.4, -0.2) is 41.8 Å². The molecule has 9 nitrogen and oxygen atoms in total. The van der Waals surface area contributed by atoms with Crippen molar-refractivity contribution in [2.45, 2.75) is 58.6 Å². The molecule has 0 radical (unpaired) electrons. The molecule has 3 aromatic heterocycles. The maximum absolute atomic E-state index is 9.09. The topological polar surface area (TPSA) is 120 Å². The van der Waals surface area contributed by atoms with Gasteiger partial charge < -0.3 is 20.7 Å². The fourth-order valence-corrected chi connectivity index (χ4v) is 4.37. The Hall–Kier alpha value is -3.11. The Morgan fingerprint density at radius 3 is 2.67 bits per heavy atom. The minimum atomic E-state index is -0.458. The Kier molecular flexibility index (Phi) is 8.15. The van der Waals surface area contributed by atoms with Gasteiger partial charge in [0.15, 0.2) is 0 Å². The summed E-state index contributed by atoms with van der Waals surface area (Å²) < 4.78 is 2.08. The molecule has 4 heterocycles. The van der Waals surface area contributed by atoms with Crippen LogP contribution in [0.15, 0.2) is 49.1 Å². The van der Waals surface area contributed by atoms with Crippen molar-refractivity contribution in [2.75, 3.05) is 6.54 Å². The van der Waals surface area contributed by atoms with Crippen LogP contribution in [0.4, 0.5) is 0 Å². The van der Waals surface area contributed by atoms with Crippen LogP contribution in [0.5, 0.6) is 0 Å².